The van der Waals surface area contributed by atoms with Crippen LogP contribution in [0.1, 0.15) is 126 Å². The molecule has 12 N–H and O–H groups in total. The first kappa shape index (κ1) is 45.3. The van der Waals surface area contributed by atoms with E-state index in [-0.39, 0.29) is 29.4 Å². The molecule has 0 bridgehead atoms. The van der Waals surface area contributed by atoms with Crippen LogP contribution in [0.4, 0.5) is 0 Å². The monoisotopic (exact) mass is 594 g/mol. The molecule has 13 heteroatoms. The van der Waals surface area contributed by atoms with Gasteiger partial charge in [-0.3, -0.25) is 20.6 Å². The minimum atomic E-state index is -0.288. The molecule has 0 aromatic rings. The maximum atomic E-state index is 8.45. The summed E-state index contributed by atoms with van der Waals surface area (Å²) >= 11 is 0. The largest absolute Gasteiger partial charge is 0.370 e. The van der Waals surface area contributed by atoms with Gasteiger partial charge in [-0.05, 0) is 39.0 Å². The van der Waals surface area contributed by atoms with Gasteiger partial charge in [0.05, 0.1) is 5.54 Å². The van der Waals surface area contributed by atoms with E-state index < -0.39 is 0 Å². The summed E-state index contributed by atoms with van der Waals surface area (Å²) in [6.45, 7) is 18.0. The van der Waals surface area contributed by atoms with Gasteiger partial charge in [0.25, 0.3) is 0 Å². The number of hydrogen-bond acceptors (Lipinski definition) is 5. The molecule has 0 radical (unpaired) electrons. The lowest BCUT2D eigenvalue weighted by molar-refractivity contribution is 0.445. The van der Waals surface area contributed by atoms with Crippen molar-refractivity contribution in [2.75, 3.05) is 13.1 Å². The standard InChI is InChI=1S/C13H27N9.C11H22N4.C3H8.C2H6/c1-13(2,22-12(18)20-9-14)7-5-3-4-6-8-19-11(17)21-10(15)16;1-10(2)7-5-3-4-6-8-14-11(13)15-9-12;1-3-2;1-2/h3-8H2,1-2H3,(H3,18,20,22)(H6,15,16,17,19,21);10H,3-8H2,1-2H3,(H3,13,14,15);3H2,1-2H3;1-2H3. The van der Waals surface area contributed by atoms with Gasteiger partial charge in [0.1, 0.15) is 0 Å². The maximum Gasteiger partial charge on any atom is 0.218 e. The molecule has 0 heterocycles. The van der Waals surface area contributed by atoms with E-state index in [1.54, 1.807) is 12.4 Å². The predicted molar refractivity (Wildman–Crippen MR) is 180 cm³/mol. The molecule has 0 aromatic heterocycles. The Labute approximate surface area is 256 Å². The summed E-state index contributed by atoms with van der Waals surface area (Å²) in [5, 5.41) is 21.3. The number of rotatable bonds is 15. The Morgan fingerprint density at radius 3 is 1.67 bits per heavy atom. The second-order valence-corrected chi connectivity index (χ2v) is 10.3. The Bertz CT molecular complexity index is 812. The molecule has 42 heavy (non-hydrogen) atoms. The fraction of sp³-hybridized carbons (Fsp3) is 0.793. The van der Waals surface area contributed by atoms with E-state index in [0.717, 1.165) is 44.4 Å². The normalized spacial score (nSPS) is 11.3. The topological polar surface area (TPSA) is 251 Å². The van der Waals surface area contributed by atoms with E-state index in [1.165, 1.54) is 32.1 Å². The van der Waals surface area contributed by atoms with E-state index in [9.17, 15) is 0 Å². The summed E-state index contributed by atoms with van der Waals surface area (Å²) < 4.78 is 0. The third-order valence-corrected chi connectivity index (χ3v) is 4.98. The summed E-state index contributed by atoms with van der Waals surface area (Å²) in [7, 11) is 0. The summed E-state index contributed by atoms with van der Waals surface area (Å²) in [5.74, 6) is 1.19. The van der Waals surface area contributed by atoms with E-state index in [2.05, 4.69) is 58.3 Å². The molecule has 0 aliphatic heterocycles. The molecule has 0 fully saturated rings. The van der Waals surface area contributed by atoms with Gasteiger partial charge in [-0.2, -0.15) is 15.5 Å². The van der Waals surface area contributed by atoms with Crippen molar-refractivity contribution in [3.8, 4) is 12.4 Å². The van der Waals surface area contributed by atoms with Gasteiger partial charge < -0.3 is 28.7 Å². The molecule has 0 rings (SSSR count). The minimum Gasteiger partial charge on any atom is -0.370 e. The Morgan fingerprint density at radius 1 is 0.738 bits per heavy atom. The van der Waals surface area contributed by atoms with Crippen molar-refractivity contribution >= 4 is 23.8 Å². The van der Waals surface area contributed by atoms with Crippen LogP contribution in [0.3, 0.4) is 0 Å². The highest BCUT2D eigenvalue weighted by Crippen LogP contribution is 2.18. The number of nitriles is 2. The van der Waals surface area contributed by atoms with Crippen LogP contribution >= 0.6 is 0 Å². The van der Waals surface area contributed by atoms with Gasteiger partial charge in [-0.1, -0.05) is 92.9 Å². The van der Waals surface area contributed by atoms with Gasteiger partial charge in [0, 0.05) is 13.1 Å². The lowest BCUT2D eigenvalue weighted by Crippen LogP contribution is -2.32. The van der Waals surface area contributed by atoms with Gasteiger partial charge in [-0.15, -0.1) is 0 Å². The molecular formula is C29H63N13. The van der Waals surface area contributed by atoms with Gasteiger partial charge in [-0.25, -0.2) is 4.99 Å². The molecule has 0 amide bonds. The number of nitrogens with zero attached hydrogens (tertiary/aromatic N) is 6. The zero-order chi connectivity index (χ0) is 33.2. The Hall–Kier alpha value is -3.74. The van der Waals surface area contributed by atoms with Crippen LogP contribution in [-0.4, -0.2) is 42.5 Å². The van der Waals surface area contributed by atoms with Crippen molar-refractivity contribution in [1.29, 1.82) is 10.5 Å². The molecule has 0 aromatic carbocycles. The molecule has 0 atom stereocenters. The third-order valence-electron chi connectivity index (χ3n) is 4.98. The molecule has 13 nitrogen and oxygen atoms in total. The van der Waals surface area contributed by atoms with Crippen molar-refractivity contribution in [3.05, 3.63) is 0 Å². The van der Waals surface area contributed by atoms with Gasteiger partial charge in [0.15, 0.2) is 18.3 Å². The Balaban J connectivity index is -0.000000313. The van der Waals surface area contributed by atoms with E-state index in [0.29, 0.717) is 13.1 Å². The van der Waals surface area contributed by atoms with Crippen molar-refractivity contribution in [3.63, 3.8) is 0 Å². The molecule has 0 aliphatic carbocycles. The van der Waals surface area contributed by atoms with E-state index in [4.69, 9.17) is 39.2 Å². The lowest BCUT2D eigenvalue weighted by atomic mass is 9.97. The molecule has 0 spiro atoms. The number of nitrogens with one attached hydrogen (secondary N) is 2. The van der Waals surface area contributed by atoms with Crippen LogP contribution in [0.5, 0.6) is 0 Å². The summed E-state index contributed by atoms with van der Waals surface area (Å²) in [5.41, 5.74) is 26.5. The lowest BCUT2D eigenvalue weighted by Gasteiger charge is -2.20. The second-order valence-electron chi connectivity index (χ2n) is 10.3. The quantitative estimate of drug-likeness (QED) is 0.0473. The first-order chi connectivity index (χ1) is 19.8. The molecule has 244 valence electrons. The molecular weight excluding hydrogens is 530 g/mol. The smallest absolute Gasteiger partial charge is 0.218 e. The third kappa shape index (κ3) is 43.3. The highest BCUT2D eigenvalue weighted by atomic mass is 15.1. The van der Waals surface area contributed by atoms with Crippen LogP contribution in [0, 0.1) is 28.8 Å². The average Bonchev–Trinajstić information content (AvgIpc) is 2.89. The fourth-order valence-corrected chi connectivity index (χ4v) is 3.17. The zero-order valence-electron chi connectivity index (χ0n) is 27.8. The summed E-state index contributed by atoms with van der Waals surface area (Å²) in [6, 6.07) is 0. The van der Waals surface area contributed by atoms with Crippen LogP contribution in [-0.2, 0) is 0 Å². The SMILES string of the molecule is CC.CC(C)(CCCCCCN=C(N)N=C(N)N)N=C(N)NC#N.CC(C)CCCCCCN=C(N)NC#N.CCC. The fourth-order valence-electron chi connectivity index (χ4n) is 3.17. The summed E-state index contributed by atoms with van der Waals surface area (Å²) in [4.78, 5) is 15.9. The highest BCUT2D eigenvalue weighted by Gasteiger charge is 2.16. The Kier molecular flexibility index (Phi) is 36.1. The number of aliphatic imine (C=N–C) groups is 4. The number of nitrogens with two attached hydrogens (primary N) is 5. The number of guanidine groups is 4. The van der Waals surface area contributed by atoms with Crippen LogP contribution in [0.2, 0.25) is 0 Å². The first-order valence-electron chi connectivity index (χ1n) is 15.2. The van der Waals surface area contributed by atoms with E-state index >= 15 is 0 Å². The van der Waals surface area contributed by atoms with Gasteiger partial charge in [0.2, 0.25) is 17.9 Å². The highest BCUT2D eigenvalue weighted by molar-refractivity contribution is 5.92. The zero-order valence-corrected chi connectivity index (χ0v) is 27.8. The summed E-state index contributed by atoms with van der Waals surface area (Å²) in [6.07, 6.45) is 15.8. The molecule has 0 unspecified atom stereocenters. The number of hydrogen-bond donors (Lipinski definition) is 7. The van der Waals surface area contributed by atoms with Crippen LogP contribution < -0.4 is 39.3 Å². The first-order valence-corrected chi connectivity index (χ1v) is 15.2. The molecule has 0 saturated heterocycles. The minimum absolute atomic E-state index is 0.0887. The predicted octanol–water partition coefficient (Wildman–Crippen LogP) is 4.11. The van der Waals surface area contributed by atoms with Crippen molar-refractivity contribution in [2.45, 2.75) is 132 Å². The Morgan fingerprint density at radius 2 is 1.19 bits per heavy atom. The van der Waals surface area contributed by atoms with Crippen molar-refractivity contribution < 1.29 is 0 Å². The second kappa shape index (κ2) is 33.5. The molecule has 0 saturated carbocycles. The van der Waals surface area contributed by atoms with Crippen LogP contribution in [0.25, 0.3) is 0 Å². The van der Waals surface area contributed by atoms with Crippen molar-refractivity contribution in [2.24, 2.45) is 54.6 Å². The van der Waals surface area contributed by atoms with E-state index in [1.807, 2.05) is 27.7 Å². The average molecular weight is 594 g/mol. The maximum absolute atomic E-state index is 8.45. The molecule has 0 aliphatic rings. The number of unbranched alkanes of at least 4 members (excludes halogenated alkanes) is 6. The van der Waals surface area contributed by atoms with Crippen LogP contribution in [0.15, 0.2) is 20.0 Å². The van der Waals surface area contributed by atoms with Gasteiger partial charge >= 0.3 is 0 Å². The van der Waals surface area contributed by atoms with Crippen molar-refractivity contribution in [1.82, 2.24) is 10.6 Å².